The minimum Gasteiger partial charge on any atom is -0.426 e. The van der Waals surface area contributed by atoms with Crippen LogP contribution in [0.1, 0.15) is 12.5 Å². The maximum atomic E-state index is 11.3. The lowest BCUT2D eigenvalue weighted by atomic mass is 9.96. The van der Waals surface area contributed by atoms with Gasteiger partial charge in [0.05, 0.1) is 25.9 Å². The summed E-state index contributed by atoms with van der Waals surface area (Å²) in [7, 11) is 0. The lowest BCUT2D eigenvalue weighted by molar-refractivity contribution is -0.347. The molecule has 8 N–H and O–H groups in total. The molecule has 13 nitrogen and oxygen atoms in total. The molecule has 0 saturated carbocycles. The van der Waals surface area contributed by atoms with E-state index in [0.29, 0.717) is 5.56 Å². The Kier molecular flexibility index (Phi) is 9.31. The van der Waals surface area contributed by atoms with Gasteiger partial charge in [0, 0.05) is 12.5 Å². The van der Waals surface area contributed by atoms with Crippen molar-refractivity contribution in [1.82, 2.24) is 0 Å². The first-order valence-electron chi connectivity index (χ1n) is 10.7. The Morgan fingerprint density at radius 1 is 0.941 bits per heavy atom. The average molecular weight is 489 g/mol. The number of aliphatic hydroxyl groups excluding tert-OH is 6. The Labute approximate surface area is 195 Å². The first-order chi connectivity index (χ1) is 16.2. The van der Waals surface area contributed by atoms with Crippen LogP contribution in [-0.2, 0) is 30.3 Å². The van der Waals surface area contributed by atoms with E-state index >= 15 is 0 Å². The molecule has 1 unspecified atom stereocenters. The third kappa shape index (κ3) is 5.90. The second-order valence-corrected chi connectivity index (χ2v) is 8.10. The zero-order valence-corrected chi connectivity index (χ0v) is 18.4. The summed E-state index contributed by atoms with van der Waals surface area (Å²) in [6.07, 6.45) is -12.9. The molecule has 2 heterocycles. The molecule has 13 heteroatoms. The van der Waals surface area contributed by atoms with E-state index in [2.05, 4.69) is 0 Å². The van der Waals surface area contributed by atoms with Crippen molar-refractivity contribution in [2.75, 3.05) is 13.2 Å². The van der Waals surface area contributed by atoms with Gasteiger partial charge in [-0.2, -0.15) is 0 Å². The van der Waals surface area contributed by atoms with Crippen LogP contribution in [0.5, 0.6) is 5.75 Å². The van der Waals surface area contributed by atoms with Crippen molar-refractivity contribution < 1.29 is 59.1 Å². The second-order valence-electron chi connectivity index (χ2n) is 8.10. The number of esters is 1. The Bertz CT molecular complexity index is 808. The van der Waals surface area contributed by atoms with Gasteiger partial charge in [0.15, 0.2) is 12.6 Å². The van der Waals surface area contributed by atoms with Crippen LogP contribution in [0.3, 0.4) is 0 Å². The third-order valence-corrected chi connectivity index (χ3v) is 5.67. The van der Waals surface area contributed by atoms with Crippen molar-refractivity contribution in [1.29, 1.82) is 0 Å². The smallest absolute Gasteiger partial charge is 0.308 e. The molecular formula is C21H31NO12. The van der Waals surface area contributed by atoms with Gasteiger partial charge in [-0.25, -0.2) is 0 Å². The van der Waals surface area contributed by atoms with E-state index in [-0.39, 0.29) is 12.4 Å². The van der Waals surface area contributed by atoms with Gasteiger partial charge in [-0.15, -0.1) is 0 Å². The largest absolute Gasteiger partial charge is 0.426 e. The Hall–Kier alpha value is -1.75. The minimum absolute atomic E-state index is 0.0923. The van der Waals surface area contributed by atoms with E-state index in [1.54, 1.807) is 24.3 Å². The fraction of sp³-hybridized carbons (Fsp3) is 0.667. The van der Waals surface area contributed by atoms with E-state index in [4.69, 9.17) is 29.4 Å². The van der Waals surface area contributed by atoms with Crippen molar-refractivity contribution >= 4 is 5.97 Å². The van der Waals surface area contributed by atoms with Crippen molar-refractivity contribution in [3.63, 3.8) is 0 Å². The van der Waals surface area contributed by atoms with E-state index in [1.165, 1.54) is 6.92 Å². The fourth-order valence-corrected chi connectivity index (χ4v) is 3.79. The number of aliphatic hydroxyl groups is 6. The van der Waals surface area contributed by atoms with Crippen molar-refractivity contribution in [3.8, 4) is 5.75 Å². The van der Waals surface area contributed by atoms with E-state index in [1.807, 2.05) is 0 Å². The summed E-state index contributed by atoms with van der Waals surface area (Å²) in [6, 6.07) is 5.47. The Morgan fingerprint density at radius 3 is 2.24 bits per heavy atom. The maximum Gasteiger partial charge on any atom is 0.308 e. The molecule has 0 bridgehead atoms. The van der Waals surface area contributed by atoms with Gasteiger partial charge >= 0.3 is 5.97 Å². The SMILES string of the molecule is CC(=O)Oc1ccccc1COC1O[C@H](CO)[C@@H](O[C@@H]2O[C@H](CO)[C@H](O)[C@H](O)[C@H]2O)[C@H](O)[C@H]1N. The number of nitrogens with two attached hydrogens (primary N) is 1. The molecule has 2 saturated heterocycles. The van der Waals surface area contributed by atoms with Crippen LogP contribution in [0.25, 0.3) is 0 Å². The van der Waals surface area contributed by atoms with E-state index < -0.39 is 80.5 Å². The number of hydrogen-bond acceptors (Lipinski definition) is 13. The molecule has 2 aliphatic heterocycles. The predicted octanol–water partition coefficient (Wildman–Crippen LogP) is -3.28. The van der Waals surface area contributed by atoms with Gasteiger partial charge in [0.1, 0.15) is 48.5 Å². The standard InChI is InChI=1S/C21H31NO12/c1-9(25)31-11-5-3-2-4-10(11)8-30-20-14(22)16(27)19(13(7-24)33-20)34-21-18(29)17(28)15(26)12(6-23)32-21/h2-5,12-21,23-24,26-29H,6-8,22H2,1H3/t12-,13-,14-,15+,16-,17+,18-,19-,20?,21+/m1/s1. The number of carbonyl (C=O) groups excluding carboxylic acids is 1. The molecule has 2 aliphatic rings. The van der Waals surface area contributed by atoms with E-state index in [9.17, 15) is 35.4 Å². The molecule has 0 aliphatic carbocycles. The zero-order valence-electron chi connectivity index (χ0n) is 18.4. The van der Waals surface area contributed by atoms with Crippen LogP contribution in [0.4, 0.5) is 0 Å². The van der Waals surface area contributed by atoms with Crippen LogP contribution in [0.2, 0.25) is 0 Å². The van der Waals surface area contributed by atoms with Crippen LogP contribution in [0.15, 0.2) is 24.3 Å². The molecule has 192 valence electrons. The van der Waals surface area contributed by atoms with Crippen molar-refractivity contribution in [2.45, 2.75) is 74.9 Å². The van der Waals surface area contributed by atoms with Crippen LogP contribution < -0.4 is 10.5 Å². The molecule has 0 spiro atoms. The summed E-state index contributed by atoms with van der Waals surface area (Å²) >= 11 is 0. The van der Waals surface area contributed by atoms with Gasteiger partial charge in [0.2, 0.25) is 0 Å². The summed E-state index contributed by atoms with van der Waals surface area (Å²) in [4.78, 5) is 11.3. The number of benzene rings is 1. The second kappa shape index (κ2) is 11.8. The van der Waals surface area contributed by atoms with Crippen LogP contribution >= 0.6 is 0 Å². The number of ether oxygens (including phenoxy) is 5. The average Bonchev–Trinajstić information content (AvgIpc) is 2.82. The van der Waals surface area contributed by atoms with Crippen molar-refractivity contribution in [3.05, 3.63) is 29.8 Å². The maximum absolute atomic E-state index is 11.3. The minimum atomic E-state index is -1.72. The van der Waals surface area contributed by atoms with Gasteiger partial charge in [-0.05, 0) is 6.07 Å². The van der Waals surface area contributed by atoms with Crippen LogP contribution in [-0.4, -0.2) is 111 Å². The number of para-hydroxylation sites is 1. The predicted molar refractivity (Wildman–Crippen MR) is 111 cm³/mol. The Morgan fingerprint density at radius 2 is 1.59 bits per heavy atom. The molecule has 0 aromatic heterocycles. The molecule has 1 aromatic carbocycles. The monoisotopic (exact) mass is 489 g/mol. The first-order valence-corrected chi connectivity index (χ1v) is 10.7. The highest BCUT2D eigenvalue weighted by Crippen LogP contribution is 2.30. The lowest BCUT2D eigenvalue weighted by Gasteiger charge is -2.46. The fourth-order valence-electron chi connectivity index (χ4n) is 3.79. The summed E-state index contributed by atoms with van der Waals surface area (Å²) < 4.78 is 27.3. The molecule has 0 radical (unpaired) electrons. The summed E-state index contributed by atoms with van der Waals surface area (Å²) in [6.45, 7) is -0.127. The highest BCUT2D eigenvalue weighted by Gasteiger charge is 2.50. The summed E-state index contributed by atoms with van der Waals surface area (Å²) in [5, 5.41) is 59.9. The van der Waals surface area contributed by atoms with Gasteiger partial charge in [0.25, 0.3) is 0 Å². The molecule has 34 heavy (non-hydrogen) atoms. The highest BCUT2D eigenvalue weighted by molar-refractivity contribution is 5.69. The zero-order chi connectivity index (χ0) is 25.0. The first kappa shape index (κ1) is 26.8. The third-order valence-electron chi connectivity index (χ3n) is 5.67. The number of carbonyl (C=O) groups is 1. The van der Waals surface area contributed by atoms with Gasteiger partial charge in [-0.3, -0.25) is 4.79 Å². The highest BCUT2D eigenvalue weighted by atomic mass is 16.7. The Balaban J connectivity index is 1.67. The number of hydrogen-bond donors (Lipinski definition) is 7. The van der Waals surface area contributed by atoms with Crippen LogP contribution in [0, 0.1) is 0 Å². The van der Waals surface area contributed by atoms with Gasteiger partial charge < -0.3 is 60.1 Å². The molecule has 3 rings (SSSR count). The topological polar surface area (TPSA) is 211 Å². The lowest BCUT2D eigenvalue weighted by Crippen LogP contribution is -2.66. The summed E-state index contributed by atoms with van der Waals surface area (Å²) in [5.41, 5.74) is 6.59. The molecule has 2 fully saturated rings. The van der Waals surface area contributed by atoms with Crippen molar-refractivity contribution in [2.24, 2.45) is 5.73 Å². The molecular weight excluding hydrogens is 458 g/mol. The molecule has 0 amide bonds. The quantitative estimate of drug-likeness (QED) is 0.141. The van der Waals surface area contributed by atoms with Gasteiger partial charge in [-0.1, -0.05) is 18.2 Å². The molecule has 10 atom stereocenters. The normalized spacial score (nSPS) is 38.5. The number of rotatable bonds is 8. The summed E-state index contributed by atoms with van der Waals surface area (Å²) in [5.74, 6) is -0.232. The van der Waals surface area contributed by atoms with E-state index in [0.717, 1.165) is 0 Å². The molecule has 1 aromatic rings.